The Balaban J connectivity index is 1.37. The van der Waals surface area contributed by atoms with Gasteiger partial charge < -0.3 is 5.32 Å². The summed E-state index contributed by atoms with van der Waals surface area (Å²) in [6, 6.07) is 3.75. The molecule has 3 aromatic rings. The number of halogens is 1. The van der Waals surface area contributed by atoms with Gasteiger partial charge >= 0.3 is 5.69 Å². The van der Waals surface area contributed by atoms with E-state index in [-0.39, 0.29) is 24.2 Å². The molecule has 0 saturated carbocycles. The third kappa shape index (κ3) is 4.40. The fourth-order valence-corrected chi connectivity index (χ4v) is 3.69. The molecule has 0 radical (unpaired) electrons. The number of carbonyl (C=O) groups excluding carboxylic acids is 1. The molecule has 1 atom stereocenters. The van der Waals surface area contributed by atoms with E-state index in [0.717, 1.165) is 17.8 Å². The van der Waals surface area contributed by atoms with Crippen LogP contribution in [0.15, 0.2) is 35.5 Å². The van der Waals surface area contributed by atoms with Crippen LogP contribution in [0.4, 0.5) is 0 Å². The normalized spacial score (nSPS) is 16.3. The summed E-state index contributed by atoms with van der Waals surface area (Å²) < 4.78 is 4.72. The van der Waals surface area contributed by atoms with E-state index in [4.69, 9.17) is 11.6 Å². The van der Waals surface area contributed by atoms with E-state index in [0.29, 0.717) is 36.6 Å². The number of aryl methyl sites for hydroxylation is 2. The van der Waals surface area contributed by atoms with Gasteiger partial charge in [0, 0.05) is 37.6 Å². The van der Waals surface area contributed by atoms with Crippen molar-refractivity contribution in [2.24, 2.45) is 0 Å². The Morgan fingerprint density at radius 2 is 2.21 bits per heavy atom. The highest BCUT2D eigenvalue weighted by molar-refractivity contribution is 6.31. The molecule has 1 N–H and O–H groups in total. The van der Waals surface area contributed by atoms with Crippen molar-refractivity contribution in [1.29, 1.82) is 0 Å². The first-order valence-corrected chi connectivity index (χ1v) is 9.92. The first kappa shape index (κ1) is 19.4. The lowest BCUT2D eigenvalue weighted by molar-refractivity contribution is -0.122. The molecule has 1 aliphatic rings. The summed E-state index contributed by atoms with van der Waals surface area (Å²) in [5.41, 5.74) is 1.50. The third-order valence-electron chi connectivity index (χ3n) is 5.03. The fraction of sp³-hybridized carbons (Fsp3) is 0.421. The SMILES string of the molecule is Cc1nn(CC(=O)NC2CCc3nn(Cc4cccnc4)c(=O)n3CC2)cc1Cl. The van der Waals surface area contributed by atoms with Crippen LogP contribution in [0.2, 0.25) is 5.02 Å². The average Bonchev–Trinajstić information content (AvgIpc) is 3.07. The van der Waals surface area contributed by atoms with Crippen LogP contribution in [-0.4, -0.2) is 41.1 Å². The van der Waals surface area contributed by atoms with Crippen LogP contribution in [0, 0.1) is 6.92 Å². The molecule has 1 unspecified atom stereocenters. The predicted octanol–water partition coefficient (Wildman–Crippen LogP) is 1.17. The van der Waals surface area contributed by atoms with Crippen LogP contribution in [0.1, 0.15) is 29.9 Å². The Hall–Kier alpha value is -2.94. The number of fused-ring (bicyclic) bond motifs is 1. The number of nitrogens with zero attached hydrogens (tertiary/aromatic N) is 6. The second kappa shape index (κ2) is 8.20. The quantitative estimate of drug-likeness (QED) is 0.674. The Bertz CT molecular complexity index is 1050. The highest BCUT2D eigenvalue weighted by Gasteiger charge is 2.22. The van der Waals surface area contributed by atoms with Crippen LogP contribution >= 0.6 is 11.6 Å². The maximum absolute atomic E-state index is 12.7. The summed E-state index contributed by atoms with van der Waals surface area (Å²) in [6.45, 7) is 2.84. The average molecular weight is 416 g/mol. The smallest absolute Gasteiger partial charge is 0.346 e. The summed E-state index contributed by atoms with van der Waals surface area (Å²) in [7, 11) is 0. The van der Waals surface area contributed by atoms with Gasteiger partial charge in [0.1, 0.15) is 12.4 Å². The number of amides is 1. The van der Waals surface area contributed by atoms with Gasteiger partial charge in [-0.1, -0.05) is 17.7 Å². The molecule has 0 spiro atoms. The molecule has 0 saturated heterocycles. The van der Waals surface area contributed by atoms with Gasteiger partial charge in [0.25, 0.3) is 0 Å². The second-order valence-electron chi connectivity index (χ2n) is 7.22. The topological polar surface area (TPSA) is 99.6 Å². The Morgan fingerprint density at radius 1 is 1.34 bits per heavy atom. The van der Waals surface area contributed by atoms with Crippen molar-refractivity contribution in [1.82, 2.24) is 34.4 Å². The minimum atomic E-state index is -0.127. The number of aromatic nitrogens is 6. The van der Waals surface area contributed by atoms with Crippen LogP contribution in [-0.2, 0) is 30.8 Å². The van der Waals surface area contributed by atoms with Crippen LogP contribution < -0.4 is 11.0 Å². The predicted molar refractivity (Wildman–Crippen MR) is 107 cm³/mol. The molecule has 3 aromatic heterocycles. The minimum Gasteiger partial charge on any atom is -0.352 e. The van der Waals surface area contributed by atoms with E-state index in [1.807, 2.05) is 12.1 Å². The largest absolute Gasteiger partial charge is 0.352 e. The Kier molecular flexibility index (Phi) is 5.48. The standard InChI is InChI=1S/C19H22ClN7O2/c1-13-16(20)11-25(23-13)12-18(28)22-15-4-5-17-24-27(19(29)26(17)8-6-15)10-14-3-2-7-21-9-14/h2-3,7,9,11,15H,4-6,8,10,12H2,1H3,(H,22,28). The van der Waals surface area contributed by atoms with E-state index < -0.39 is 0 Å². The minimum absolute atomic E-state index is 0.0116. The van der Waals surface area contributed by atoms with Crippen LogP contribution in [0.3, 0.4) is 0 Å². The summed E-state index contributed by atoms with van der Waals surface area (Å²) in [5.74, 6) is 0.632. The van der Waals surface area contributed by atoms with Gasteiger partial charge in [-0.15, -0.1) is 0 Å². The van der Waals surface area contributed by atoms with E-state index >= 15 is 0 Å². The number of carbonyl (C=O) groups is 1. The van der Waals surface area contributed by atoms with Gasteiger partial charge in [0.2, 0.25) is 5.91 Å². The van der Waals surface area contributed by atoms with Crippen LogP contribution in [0.5, 0.6) is 0 Å². The molecular formula is C19H22ClN7O2. The van der Waals surface area contributed by atoms with Gasteiger partial charge in [-0.2, -0.15) is 10.2 Å². The van der Waals surface area contributed by atoms with Crippen molar-refractivity contribution in [2.75, 3.05) is 0 Å². The molecule has 0 fully saturated rings. The monoisotopic (exact) mass is 415 g/mol. The summed E-state index contributed by atoms with van der Waals surface area (Å²) in [6.07, 6.45) is 7.11. The molecule has 29 heavy (non-hydrogen) atoms. The molecule has 4 heterocycles. The molecule has 9 nitrogen and oxygen atoms in total. The van der Waals surface area contributed by atoms with Crippen molar-refractivity contribution in [2.45, 2.75) is 51.9 Å². The Morgan fingerprint density at radius 3 is 2.93 bits per heavy atom. The van der Waals surface area contributed by atoms with Gasteiger partial charge in [0.05, 0.1) is 17.3 Å². The highest BCUT2D eigenvalue weighted by Crippen LogP contribution is 2.14. The maximum atomic E-state index is 12.7. The van der Waals surface area contributed by atoms with E-state index in [9.17, 15) is 9.59 Å². The van der Waals surface area contributed by atoms with Crippen molar-refractivity contribution >= 4 is 17.5 Å². The van der Waals surface area contributed by atoms with Gasteiger partial charge in [-0.3, -0.25) is 19.0 Å². The Labute approximate surface area is 172 Å². The molecule has 10 heteroatoms. The van der Waals surface area contributed by atoms with Gasteiger partial charge in [0.15, 0.2) is 0 Å². The lowest BCUT2D eigenvalue weighted by Crippen LogP contribution is -2.38. The zero-order chi connectivity index (χ0) is 20.4. The number of rotatable bonds is 5. The lowest BCUT2D eigenvalue weighted by atomic mass is 10.1. The molecular weight excluding hydrogens is 394 g/mol. The van der Waals surface area contributed by atoms with Gasteiger partial charge in [-0.25, -0.2) is 9.48 Å². The number of hydrogen-bond donors (Lipinski definition) is 1. The molecule has 0 aliphatic carbocycles. The zero-order valence-corrected chi connectivity index (χ0v) is 16.8. The maximum Gasteiger partial charge on any atom is 0.346 e. The van der Waals surface area contributed by atoms with E-state index in [2.05, 4.69) is 20.5 Å². The first-order chi connectivity index (χ1) is 14.0. The number of hydrogen-bond acceptors (Lipinski definition) is 5. The van der Waals surface area contributed by atoms with E-state index in [1.54, 1.807) is 30.1 Å². The number of nitrogens with one attached hydrogen (secondary N) is 1. The second-order valence-corrected chi connectivity index (χ2v) is 7.63. The van der Waals surface area contributed by atoms with E-state index in [1.165, 1.54) is 9.36 Å². The fourth-order valence-electron chi connectivity index (χ4n) is 3.54. The summed E-state index contributed by atoms with van der Waals surface area (Å²) >= 11 is 5.98. The highest BCUT2D eigenvalue weighted by atomic mass is 35.5. The van der Waals surface area contributed by atoms with Crippen molar-refractivity contribution < 1.29 is 4.79 Å². The lowest BCUT2D eigenvalue weighted by Gasteiger charge is -2.16. The first-order valence-electron chi connectivity index (χ1n) is 9.54. The molecule has 152 valence electrons. The zero-order valence-electron chi connectivity index (χ0n) is 16.1. The molecule has 4 rings (SSSR count). The molecule has 0 bridgehead atoms. The van der Waals surface area contributed by atoms with Crippen molar-refractivity contribution in [3.8, 4) is 0 Å². The van der Waals surface area contributed by atoms with Crippen molar-refractivity contribution in [3.05, 3.63) is 63.3 Å². The number of pyridine rings is 1. The summed E-state index contributed by atoms with van der Waals surface area (Å²) in [4.78, 5) is 29.1. The van der Waals surface area contributed by atoms with Crippen molar-refractivity contribution in [3.63, 3.8) is 0 Å². The molecule has 0 aromatic carbocycles. The van der Waals surface area contributed by atoms with Gasteiger partial charge in [-0.05, 0) is 31.4 Å². The third-order valence-corrected chi connectivity index (χ3v) is 5.40. The summed E-state index contributed by atoms with van der Waals surface area (Å²) in [5, 5.41) is 12.3. The molecule has 1 aliphatic heterocycles. The van der Waals surface area contributed by atoms with Crippen LogP contribution in [0.25, 0.3) is 0 Å². The molecule has 1 amide bonds.